The molecule has 0 aliphatic heterocycles. The first-order chi connectivity index (χ1) is 5.70. The van der Waals surface area contributed by atoms with Crippen molar-refractivity contribution >= 4 is 5.97 Å². The molecule has 0 fully saturated rings. The number of aryl methyl sites for hydroxylation is 1. The van der Waals surface area contributed by atoms with Crippen molar-refractivity contribution in [2.75, 3.05) is 7.11 Å². The van der Waals surface area contributed by atoms with Crippen molar-refractivity contribution in [3.05, 3.63) is 5.69 Å². The number of aromatic nitrogens is 3. The van der Waals surface area contributed by atoms with Crippen LogP contribution < -0.4 is 0 Å². The molecule has 1 rings (SSSR count). The molecule has 0 unspecified atom stereocenters. The van der Waals surface area contributed by atoms with Gasteiger partial charge in [0, 0.05) is 6.54 Å². The smallest absolute Gasteiger partial charge is 0.362 e. The molecule has 0 bridgehead atoms. The van der Waals surface area contributed by atoms with Crippen molar-refractivity contribution < 1.29 is 14.6 Å². The van der Waals surface area contributed by atoms with Gasteiger partial charge in [0.1, 0.15) is 0 Å². The Kier molecular flexibility index (Phi) is 2.27. The number of hydrogen-bond acceptors (Lipinski definition) is 5. The number of carbonyl (C=O) groups is 1. The van der Waals surface area contributed by atoms with E-state index >= 15 is 0 Å². The number of nitrogens with zero attached hydrogens (tertiary/aromatic N) is 3. The first kappa shape index (κ1) is 8.51. The van der Waals surface area contributed by atoms with Crippen LogP contribution in [0.1, 0.15) is 17.4 Å². The summed E-state index contributed by atoms with van der Waals surface area (Å²) < 4.78 is 5.68. The van der Waals surface area contributed by atoms with Crippen LogP contribution in [0.3, 0.4) is 0 Å². The van der Waals surface area contributed by atoms with Crippen LogP contribution in [0.25, 0.3) is 0 Å². The monoisotopic (exact) mass is 171 g/mol. The third-order valence-electron chi connectivity index (χ3n) is 1.40. The van der Waals surface area contributed by atoms with Gasteiger partial charge in [0.25, 0.3) is 5.88 Å². The van der Waals surface area contributed by atoms with Gasteiger partial charge >= 0.3 is 5.97 Å². The topological polar surface area (TPSA) is 77.2 Å². The molecule has 6 heteroatoms. The maximum Gasteiger partial charge on any atom is 0.362 e. The molecule has 6 nitrogen and oxygen atoms in total. The zero-order valence-corrected chi connectivity index (χ0v) is 6.81. The van der Waals surface area contributed by atoms with E-state index in [-0.39, 0.29) is 5.69 Å². The minimum atomic E-state index is -0.639. The van der Waals surface area contributed by atoms with Gasteiger partial charge < -0.3 is 9.84 Å². The summed E-state index contributed by atoms with van der Waals surface area (Å²) in [4.78, 5) is 11.0. The summed E-state index contributed by atoms with van der Waals surface area (Å²) in [7, 11) is 1.23. The second kappa shape index (κ2) is 3.21. The van der Waals surface area contributed by atoms with Gasteiger partial charge in [0.05, 0.1) is 7.11 Å². The van der Waals surface area contributed by atoms with Crippen LogP contribution in [0.4, 0.5) is 0 Å². The lowest BCUT2D eigenvalue weighted by Gasteiger charge is -1.99. The molecule has 0 spiro atoms. The summed E-state index contributed by atoms with van der Waals surface area (Å²) in [6, 6.07) is 0. The lowest BCUT2D eigenvalue weighted by Crippen LogP contribution is -2.10. The molecule has 12 heavy (non-hydrogen) atoms. The Labute approximate surface area is 68.8 Å². The van der Waals surface area contributed by atoms with Crippen molar-refractivity contribution in [2.24, 2.45) is 0 Å². The molecule has 0 saturated heterocycles. The number of rotatable bonds is 2. The second-order valence-corrected chi connectivity index (χ2v) is 2.07. The first-order valence-corrected chi connectivity index (χ1v) is 3.41. The normalized spacial score (nSPS) is 9.83. The molecular formula is C6H9N3O3. The molecule has 1 aromatic heterocycles. The maximum absolute atomic E-state index is 11.0. The highest BCUT2D eigenvalue weighted by Crippen LogP contribution is 2.12. The minimum absolute atomic E-state index is 0.0139. The summed E-state index contributed by atoms with van der Waals surface area (Å²) in [6.45, 7) is 2.23. The third kappa shape index (κ3) is 1.23. The molecule has 0 amide bonds. The zero-order chi connectivity index (χ0) is 9.14. The highest BCUT2D eigenvalue weighted by molar-refractivity contribution is 5.89. The maximum atomic E-state index is 11.0. The van der Waals surface area contributed by atoms with Crippen LogP contribution in [0, 0.1) is 0 Å². The number of methoxy groups -OCH3 is 1. The number of esters is 1. The number of hydrogen-bond donors (Lipinski definition) is 1. The summed E-state index contributed by atoms with van der Waals surface area (Å²) in [5.74, 6) is -1.04. The first-order valence-electron chi connectivity index (χ1n) is 3.41. The van der Waals surface area contributed by atoms with Crippen molar-refractivity contribution in [3.63, 3.8) is 0 Å². The summed E-state index contributed by atoms with van der Waals surface area (Å²) in [5.41, 5.74) is -0.0139. The summed E-state index contributed by atoms with van der Waals surface area (Å²) in [6.07, 6.45) is 0. The van der Waals surface area contributed by atoms with Crippen molar-refractivity contribution in [2.45, 2.75) is 13.5 Å². The molecule has 1 aromatic rings. The molecule has 0 aliphatic carbocycles. The quantitative estimate of drug-likeness (QED) is 0.623. The van der Waals surface area contributed by atoms with Crippen molar-refractivity contribution in [1.29, 1.82) is 0 Å². The fourth-order valence-corrected chi connectivity index (χ4v) is 0.819. The number of carbonyl (C=O) groups excluding carboxylic acids is 1. The van der Waals surface area contributed by atoms with Crippen LogP contribution in [-0.4, -0.2) is 33.2 Å². The van der Waals surface area contributed by atoms with E-state index < -0.39 is 11.8 Å². The van der Waals surface area contributed by atoms with Gasteiger partial charge in [-0.1, -0.05) is 10.3 Å². The van der Waals surface area contributed by atoms with Gasteiger partial charge in [-0.25, -0.2) is 9.48 Å². The van der Waals surface area contributed by atoms with Crippen LogP contribution in [0.2, 0.25) is 0 Å². The Balaban J connectivity index is 3.10. The van der Waals surface area contributed by atoms with Crippen LogP contribution in [0.5, 0.6) is 5.88 Å². The van der Waals surface area contributed by atoms with E-state index in [4.69, 9.17) is 5.11 Å². The molecule has 1 N–H and O–H groups in total. The van der Waals surface area contributed by atoms with Gasteiger partial charge in [-0.05, 0) is 6.92 Å². The van der Waals surface area contributed by atoms with Gasteiger partial charge in [0.2, 0.25) is 5.69 Å². The van der Waals surface area contributed by atoms with E-state index in [0.717, 1.165) is 0 Å². The van der Waals surface area contributed by atoms with E-state index in [1.54, 1.807) is 6.92 Å². The Hall–Kier alpha value is -1.59. The average molecular weight is 171 g/mol. The van der Waals surface area contributed by atoms with Crippen molar-refractivity contribution in [3.8, 4) is 5.88 Å². The van der Waals surface area contributed by atoms with Gasteiger partial charge in [0.15, 0.2) is 0 Å². The fourth-order valence-electron chi connectivity index (χ4n) is 0.819. The van der Waals surface area contributed by atoms with Gasteiger partial charge in [-0.3, -0.25) is 0 Å². The second-order valence-electron chi connectivity index (χ2n) is 2.07. The SMILES string of the molecule is CCn1nnc(O)c1C(=O)OC. The highest BCUT2D eigenvalue weighted by atomic mass is 16.5. The average Bonchev–Trinajstić information content (AvgIpc) is 2.45. The summed E-state index contributed by atoms with van der Waals surface area (Å²) >= 11 is 0. The standard InChI is InChI=1S/C6H9N3O3/c1-3-9-4(6(11)12-2)5(10)7-8-9/h10H,3H2,1-2H3. The van der Waals surface area contributed by atoms with E-state index in [1.165, 1.54) is 11.8 Å². The number of aromatic hydroxyl groups is 1. The Morgan fingerprint density at radius 3 is 2.92 bits per heavy atom. The molecule has 0 aliphatic rings. The third-order valence-corrected chi connectivity index (χ3v) is 1.40. The summed E-state index contributed by atoms with van der Waals surface area (Å²) in [5, 5.41) is 15.9. The van der Waals surface area contributed by atoms with Crippen LogP contribution in [0.15, 0.2) is 0 Å². The molecule has 0 atom stereocenters. The van der Waals surface area contributed by atoms with Gasteiger partial charge in [-0.15, -0.1) is 0 Å². The van der Waals surface area contributed by atoms with Crippen molar-refractivity contribution in [1.82, 2.24) is 15.0 Å². The van der Waals surface area contributed by atoms with Crippen LogP contribution in [-0.2, 0) is 11.3 Å². The fraction of sp³-hybridized carbons (Fsp3) is 0.500. The van der Waals surface area contributed by atoms with E-state index in [9.17, 15) is 4.79 Å². The highest BCUT2D eigenvalue weighted by Gasteiger charge is 2.19. The van der Waals surface area contributed by atoms with Crippen LogP contribution >= 0.6 is 0 Å². The lowest BCUT2D eigenvalue weighted by atomic mass is 10.4. The zero-order valence-electron chi connectivity index (χ0n) is 6.81. The molecule has 0 radical (unpaired) electrons. The predicted octanol–water partition coefficient (Wildman–Crippen LogP) is -0.210. The van der Waals surface area contributed by atoms with Gasteiger partial charge in [-0.2, -0.15) is 0 Å². The Morgan fingerprint density at radius 1 is 1.75 bits per heavy atom. The molecular weight excluding hydrogens is 162 g/mol. The lowest BCUT2D eigenvalue weighted by molar-refractivity contribution is 0.0583. The Morgan fingerprint density at radius 2 is 2.42 bits per heavy atom. The van der Waals surface area contributed by atoms with E-state index in [1.807, 2.05) is 0 Å². The van der Waals surface area contributed by atoms with E-state index in [0.29, 0.717) is 6.54 Å². The molecule has 1 heterocycles. The minimum Gasteiger partial charge on any atom is -0.490 e. The Bertz CT molecular complexity index is 294. The largest absolute Gasteiger partial charge is 0.490 e. The molecule has 66 valence electrons. The van der Waals surface area contributed by atoms with E-state index in [2.05, 4.69) is 15.0 Å². The molecule has 0 aromatic carbocycles. The number of ether oxygens (including phenoxy) is 1. The predicted molar refractivity (Wildman–Crippen MR) is 38.7 cm³/mol. The molecule has 0 saturated carbocycles.